The van der Waals surface area contributed by atoms with E-state index in [4.69, 9.17) is 29.6 Å². The van der Waals surface area contributed by atoms with Gasteiger partial charge < -0.3 is 10.6 Å². The molecule has 7 heteroatoms. The first kappa shape index (κ1) is 13.5. The summed E-state index contributed by atoms with van der Waals surface area (Å²) in [6.07, 6.45) is 3.24. The number of thiocarbonyl (C=S) groups is 1. The van der Waals surface area contributed by atoms with E-state index >= 15 is 0 Å². The zero-order valence-electron chi connectivity index (χ0n) is 10.2. The molecule has 98 valence electrons. The SMILES string of the molecule is CC(C(N)=S)N1CCN(c2ncc(Cl)cn2)CC1. The molecule has 0 aliphatic carbocycles. The highest BCUT2D eigenvalue weighted by molar-refractivity contribution is 7.80. The third kappa shape index (κ3) is 3.07. The second-order valence-electron chi connectivity index (χ2n) is 4.30. The molecular weight excluding hydrogens is 270 g/mol. The van der Waals surface area contributed by atoms with E-state index in [0.717, 1.165) is 32.1 Å². The van der Waals surface area contributed by atoms with Crippen LogP contribution in [0.15, 0.2) is 12.4 Å². The van der Waals surface area contributed by atoms with Gasteiger partial charge in [0, 0.05) is 26.2 Å². The maximum absolute atomic E-state index is 5.77. The molecule has 2 N–H and O–H groups in total. The molecule has 2 rings (SSSR count). The van der Waals surface area contributed by atoms with E-state index < -0.39 is 0 Å². The Hall–Kier alpha value is -0.980. The van der Waals surface area contributed by atoms with E-state index in [1.165, 1.54) is 0 Å². The Morgan fingerprint density at radius 1 is 1.33 bits per heavy atom. The molecule has 1 aliphatic rings. The summed E-state index contributed by atoms with van der Waals surface area (Å²) in [6, 6.07) is 0.147. The second-order valence-corrected chi connectivity index (χ2v) is 5.21. The van der Waals surface area contributed by atoms with Crippen LogP contribution in [0.4, 0.5) is 5.95 Å². The lowest BCUT2D eigenvalue weighted by Crippen LogP contribution is -2.53. The topological polar surface area (TPSA) is 58.3 Å². The maximum atomic E-state index is 5.77. The lowest BCUT2D eigenvalue weighted by Gasteiger charge is -2.37. The van der Waals surface area contributed by atoms with Crippen molar-refractivity contribution in [1.29, 1.82) is 0 Å². The van der Waals surface area contributed by atoms with Gasteiger partial charge >= 0.3 is 0 Å². The highest BCUT2D eigenvalue weighted by Crippen LogP contribution is 2.14. The Bertz CT molecular complexity index is 416. The van der Waals surface area contributed by atoms with Gasteiger partial charge in [0.05, 0.1) is 28.4 Å². The third-order valence-corrected chi connectivity index (χ3v) is 3.70. The van der Waals surface area contributed by atoms with Crippen molar-refractivity contribution in [2.75, 3.05) is 31.1 Å². The molecule has 0 aromatic carbocycles. The van der Waals surface area contributed by atoms with Crippen molar-refractivity contribution in [3.8, 4) is 0 Å². The molecule has 0 radical (unpaired) electrons. The van der Waals surface area contributed by atoms with Crippen molar-refractivity contribution in [1.82, 2.24) is 14.9 Å². The van der Waals surface area contributed by atoms with Crippen LogP contribution >= 0.6 is 23.8 Å². The number of rotatable bonds is 3. The molecule has 18 heavy (non-hydrogen) atoms. The molecule has 0 amide bonds. The summed E-state index contributed by atoms with van der Waals surface area (Å²) in [4.78, 5) is 13.4. The molecule has 0 saturated carbocycles. The average molecular weight is 286 g/mol. The van der Waals surface area contributed by atoms with Gasteiger partial charge in [0.1, 0.15) is 0 Å². The Labute approximate surface area is 117 Å². The third-order valence-electron chi connectivity index (χ3n) is 3.16. The van der Waals surface area contributed by atoms with Crippen LogP contribution in [0.2, 0.25) is 5.02 Å². The first-order chi connectivity index (χ1) is 8.58. The molecule has 1 aromatic heterocycles. The molecule has 1 aromatic rings. The predicted molar refractivity (Wildman–Crippen MR) is 77.1 cm³/mol. The number of hydrogen-bond donors (Lipinski definition) is 1. The van der Waals surface area contributed by atoms with E-state index in [2.05, 4.69) is 19.8 Å². The standard InChI is InChI=1S/C11H16ClN5S/c1-8(10(13)18)16-2-4-17(5-3-16)11-14-6-9(12)7-15-11/h6-8H,2-5H2,1H3,(H2,13,18). The average Bonchev–Trinajstić information content (AvgIpc) is 2.39. The van der Waals surface area contributed by atoms with Crippen molar-refractivity contribution < 1.29 is 0 Å². The molecule has 1 aliphatic heterocycles. The summed E-state index contributed by atoms with van der Waals surface area (Å²) in [5.41, 5.74) is 5.67. The van der Waals surface area contributed by atoms with Crippen LogP contribution in [0.25, 0.3) is 0 Å². The lowest BCUT2D eigenvalue weighted by molar-refractivity contribution is 0.238. The Morgan fingerprint density at radius 2 is 1.89 bits per heavy atom. The summed E-state index contributed by atoms with van der Waals surface area (Å²) in [5, 5.41) is 0.555. The van der Waals surface area contributed by atoms with Gasteiger partial charge in [0.2, 0.25) is 5.95 Å². The van der Waals surface area contributed by atoms with Crippen LogP contribution in [0.3, 0.4) is 0 Å². The molecule has 2 heterocycles. The monoisotopic (exact) mass is 285 g/mol. The van der Waals surface area contributed by atoms with E-state index in [-0.39, 0.29) is 6.04 Å². The fourth-order valence-corrected chi connectivity index (χ4v) is 2.20. The zero-order chi connectivity index (χ0) is 13.1. The fraction of sp³-hybridized carbons (Fsp3) is 0.545. The Balaban J connectivity index is 1.94. The zero-order valence-corrected chi connectivity index (χ0v) is 11.8. The van der Waals surface area contributed by atoms with E-state index in [0.29, 0.717) is 10.0 Å². The number of piperazine rings is 1. The van der Waals surface area contributed by atoms with Gasteiger partial charge in [-0.25, -0.2) is 9.97 Å². The Kier molecular flexibility index (Phi) is 4.31. The number of hydrogen-bond acceptors (Lipinski definition) is 5. The van der Waals surface area contributed by atoms with E-state index in [1.807, 2.05) is 6.92 Å². The number of nitrogens with zero attached hydrogens (tertiary/aromatic N) is 4. The van der Waals surface area contributed by atoms with Gasteiger partial charge in [-0.15, -0.1) is 0 Å². The van der Waals surface area contributed by atoms with Gasteiger partial charge in [-0.05, 0) is 6.92 Å². The molecule has 1 fully saturated rings. The summed E-state index contributed by atoms with van der Waals surface area (Å²) >= 11 is 10.8. The van der Waals surface area contributed by atoms with Crippen LogP contribution in [-0.4, -0.2) is 52.1 Å². The van der Waals surface area contributed by atoms with Crippen LogP contribution in [0.5, 0.6) is 0 Å². The minimum atomic E-state index is 0.147. The van der Waals surface area contributed by atoms with Crippen LogP contribution < -0.4 is 10.6 Å². The first-order valence-corrected chi connectivity index (χ1v) is 6.62. The highest BCUT2D eigenvalue weighted by Gasteiger charge is 2.23. The van der Waals surface area contributed by atoms with Gasteiger partial charge in [-0.2, -0.15) is 0 Å². The lowest BCUT2D eigenvalue weighted by atomic mass is 10.2. The highest BCUT2D eigenvalue weighted by atomic mass is 35.5. The molecule has 1 unspecified atom stereocenters. The smallest absolute Gasteiger partial charge is 0.225 e. The van der Waals surface area contributed by atoms with Crippen molar-refractivity contribution >= 4 is 34.8 Å². The predicted octanol–water partition coefficient (Wildman–Crippen LogP) is 0.927. The van der Waals surface area contributed by atoms with Crippen molar-refractivity contribution in [2.45, 2.75) is 13.0 Å². The summed E-state index contributed by atoms with van der Waals surface area (Å²) in [6.45, 7) is 5.59. The van der Waals surface area contributed by atoms with Gasteiger partial charge in [-0.3, -0.25) is 4.90 Å². The van der Waals surface area contributed by atoms with Crippen LogP contribution in [-0.2, 0) is 0 Å². The molecule has 0 spiro atoms. The molecule has 1 saturated heterocycles. The summed E-state index contributed by atoms with van der Waals surface area (Å²) in [5.74, 6) is 0.724. The number of halogens is 1. The quantitative estimate of drug-likeness (QED) is 0.834. The molecule has 0 bridgehead atoms. The van der Waals surface area contributed by atoms with Crippen molar-refractivity contribution in [3.05, 3.63) is 17.4 Å². The number of aromatic nitrogens is 2. The molecule has 5 nitrogen and oxygen atoms in total. The van der Waals surface area contributed by atoms with Crippen molar-refractivity contribution in [3.63, 3.8) is 0 Å². The van der Waals surface area contributed by atoms with Gasteiger partial charge in [0.25, 0.3) is 0 Å². The largest absolute Gasteiger partial charge is 0.392 e. The van der Waals surface area contributed by atoms with Crippen molar-refractivity contribution in [2.24, 2.45) is 5.73 Å². The van der Waals surface area contributed by atoms with Gasteiger partial charge in [-0.1, -0.05) is 23.8 Å². The number of anilines is 1. The summed E-state index contributed by atoms with van der Waals surface area (Å²) < 4.78 is 0. The minimum Gasteiger partial charge on any atom is -0.392 e. The normalized spacial score (nSPS) is 18.7. The summed E-state index contributed by atoms with van der Waals surface area (Å²) in [7, 11) is 0. The van der Waals surface area contributed by atoms with E-state index in [1.54, 1.807) is 12.4 Å². The Morgan fingerprint density at radius 3 is 2.39 bits per heavy atom. The second kappa shape index (κ2) is 5.77. The van der Waals surface area contributed by atoms with Crippen LogP contribution in [0, 0.1) is 0 Å². The minimum absolute atomic E-state index is 0.147. The van der Waals surface area contributed by atoms with E-state index in [9.17, 15) is 0 Å². The van der Waals surface area contributed by atoms with Crippen LogP contribution in [0.1, 0.15) is 6.92 Å². The molecule has 1 atom stereocenters. The van der Waals surface area contributed by atoms with Gasteiger partial charge in [0.15, 0.2) is 0 Å². The fourth-order valence-electron chi connectivity index (χ4n) is 1.96. The number of nitrogens with two attached hydrogens (primary N) is 1. The molecular formula is C11H16ClN5S. The maximum Gasteiger partial charge on any atom is 0.225 e. The first-order valence-electron chi connectivity index (χ1n) is 5.84.